The molecular weight excluding hydrogens is 216 g/mol. The molecule has 0 fully saturated rings. The lowest BCUT2D eigenvalue weighted by molar-refractivity contribution is -0.122. The largest absolute Gasteiger partial charge is 0.389 e. The maximum atomic E-state index is 11.6. The first-order valence-electron chi connectivity index (χ1n) is 6.46. The molecule has 0 bridgehead atoms. The van der Waals surface area contributed by atoms with Gasteiger partial charge in [0.15, 0.2) is 0 Å². The zero-order chi connectivity index (χ0) is 13.5. The molecule has 0 aliphatic carbocycles. The summed E-state index contributed by atoms with van der Waals surface area (Å²) in [5.74, 6) is -0.0239. The second-order valence-electron chi connectivity index (χ2n) is 5.64. The van der Waals surface area contributed by atoms with Crippen molar-refractivity contribution in [3.8, 4) is 0 Å². The predicted octanol–water partition coefficient (Wildman–Crippen LogP) is 1.43. The topological polar surface area (TPSA) is 61.4 Å². The molecule has 4 heteroatoms. The molecule has 1 amide bonds. The highest BCUT2D eigenvalue weighted by Gasteiger charge is 2.20. The van der Waals surface area contributed by atoms with E-state index in [1.807, 2.05) is 27.7 Å². The van der Waals surface area contributed by atoms with E-state index in [2.05, 4.69) is 10.6 Å². The van der Waals surface area contributed by atoms with Crippen LogP contribution in [-0.4, -0.2) is 35.2 Å². The number of aliphatic hydroxyl groups is 1. The normalized spacial score (nSPS) is 15.4. The first kappa shape index (κ1) is 16.4. The van der Waals surface area contributed by atoms with E-state index in [1.54, 1.807) is 6.92 Å². The predicted molar refractivity (Wildman–Crippen MR) is 70.9 cm³/mol. The first-order valence-corrected chi connectivity index (χ1v) is 6.46. The summed E-state index contributed by atoms with van der Waals surface area (Å²) in [6.45, 7) is 10.6. The molecular formula is C13H28N2O2. The maximum Gasteiger partial charge on any atom is 0.234 e. The molecule has 4 nitrogen and oxygen atoms in total. The van der Waals surface area contributed by atoms with E-state index in [0.717, 1.165) is 19.3 Å². The lowest BCUT2D eigenvalue weighted by Gasteiger charge is -2.26. The Morgan fingerprint density at radius 2 is 1.82 bits per heavy atom. The standard InChI is InChI=1S/C13H28N2O2/c1-6-8-13(5,17)10-14-9-11(16)15-12(3,4)7-2/h14,17H,6-10H2,1-5H3,(H,15,16). The molecule has 0 rings (SSSR count). The SMILES string of the molecule is CCCC(C)(O)CNCC(=O)NC(C)(C)CC. The van der Waals surface area contributed by atoms with E-state index < -0.39 is 5.60 Å². The summed E-state index contributed by atoms with van der Waals surface area (Å²) < 4.78 is 0. The van der Waals surface area contributed by atoms with Gasteiger partial charge in [-0.25, -0.2) is 0 Å². The Bertz CT molecular complexity index is 238. The van der Waals surface area contributed by atoms with Crippen molar-refractivity contribution in [3.63, 3.8) is 0 Å². The molecule has 0 aliphatic heterocycles. The average molecular weight is 244 g/mol. The van der Waals surface area contributed by atoms with E-state index in [4.69, 9.17) is 0 Å². The molecule has 0 aromatic heterocycles. The van der Waals surface area contributed by atoms with Gasteiger partial charge in [0.2, 0.25) is 5.91 Å². The van der Waals surface area contributed by atoms with Gasteiger partial charge in [-0.05, 0) is 33.6 Å². The van der Waals surface area contributed by atoms with Crippen molar-refractivity contribution >= 4 is 5.91 Å². The minimum Gasteiger partial charge on any atom is -0.389 e. The average Bonchev–Trinajstić information content (AvgIpc) is 2.16. The molecule has 0 spiro atoms. The van der Waals surface area contributed by atoms with Gasteiger partial charge in [0.1, 0.15) is 0 Å². The molecule has 1 atom stereocenters. The zero-order valence-corrected chi connectivity index (χ0v) is 11.9. The van der Waals surface area contributed by atoms with Crippen molar-refractivity contribution in [3.05, 3.63) is 0 Å². The monoisotopic (exact) mass is 244 g/mol. The van der Waals surface area contributed by atoms with Crippen molar-refractivity contribution in [1.82, 2.24) is 10.6 Å². The van der Waals surface area contributed by atoms with Crippen molar-refractivity contribution in [2.45, 2.75) is 65.0 Å². The van der Waals surface area contributed by atoms with Crippen molar-refractivity contribution in [1.29, 1.82) is 0 Å². The Labute approximate surface area is 105 Å². The fourth-order valence-electron chi connectivity index (χ4n) is 1.58. The Hall–Kier alpha value is -0.610. The van der Waals surface area contributed by atoms with Gasteiger partial charge in [0.25, 0.3) is 0 Å². The molecule has 3 N–H and O–H groups in total. The molecule has 0 saturated carbocycles. The van der Waals surface area contributed by atoms with Gasteiger partial charge in [-0.2, -0.15) is 0 Å². The fraction of sp³-hybridized carbons (Fsp3) is 0.923. The summed E-state index contributed by atoms with van der Waals surface area (Å²) in [5, 5.41) is 15.8. The van der Waals surface area contributed by atoms with Gasteiger partial charge in [0.05, 0.1) is 12.1 Å². The molecule has 0 aromatic rings. The minimum atomic E-state index is -0.727. The fourth-order valence-corrected chi connectivity index (χ4v) is 1.58. The summed E-state index contributed by atoms with van der Waals surface area (Å²) in [5.41, 5.74) is -0.889. The van der Waals surface area contributed by atoms with Crippen LogP contribution in [-0.2, 0) is 4.79 Å². The van der Waals surface area contributed by atoms with Gasteiger partial charge < -0.3 is 15.7 Å². The molecule has 1 unspecified atom stereocenters. The third-order valence-electron chi connectivity index (χ3n) is 2.94. The summed E-state index contributed by atoms with van der Waals surface area (Å²) in [4.78, 5) is 11.6. The number of nitrogens with one attached hydrogen (secondary N) is 2. The summed E-state index contributed by atoms with van der Waals surface area (Å²) in [7, 11) is 0. The lowest BCUT2D eigenvalue weighted by Crippen LogP contribution is -2.48. The second kappa shape index (κ2) is 6.97. The molecule has 17 heavy (non-hydrogen) atoms. The molecule has 0 aliphatic rings. The van der Waals surface area contributed by atoms with Crippen molar-refractivity contribution < 1.29 is 9.90 Å². The number of carbonyl (C=O) groups is 1. The Balaban J connectivity index is 3.86. The van der Waals surface area contributed by atoms with Crippen molar-refractivity contribution in [2.24, 2.45) is 0 Å². The molecule has 0 heterocycles. The lowest BCUT2D eigenvalue weighted by atomic mass is 10.0. The van der Waals surface area contributed by atoms with E-state index in [0.29, 0.717) is 6.54 Å². The summed E-state index contributed by atoms with van der Waals surface area (Å²) in [6, 6.07) is 0. The van der Waals surface area contributed by atoms with Crippen LogP contribution in [0, 0.1) is 0 Å². The van der Waals surface area contributed by atoms with Crippen LogP contribution >= 0.6 is 0 Å². The Morgan fingerprint density at radius 3 is 2.29 bits per heavy atom. The van der Waals surface area contributed by atoms with E-state index >= 15 is 0 Å². The molecule has 0 saturated heterocycles. The van der Waals surface area contributed by atoms with E-state index in [-0.39, 0.29) is 18.0 Å². The zero-order valence-electron chi connectivity index (χ0n) is 11.9. The number of hydrogen-bond donors (Lipinski definition) is 3. The second-order valence-corrected chi connectivity index (χ2v) is 5.64. The van der Waals surface area contributed by atoms with Gasteiger partial charge in [-0.3, -0.25) is 4.79 Å². The van der Waals surface area contributed by atoms with Crippen LogP contribution in [0.1, 0.15) is 53.9 Å². The van der Waals surface area contributed by atoms with Crippen LogP contribution in [0.2, 0.25) is 0 Å². The van der Waals surface area contributed by atoms with Crippen LogP contribution in [0.3, 0.4) is 0 Å². The van der Waals surface area contributed by atoms with Gasteiger partial charge in [-0.1, -0.05) is 20.3 Å². The van der Waals surface area contributed by atoms with Crippen LogP contribution in [0.15, 0.2) is 0 Å². The number of amides is 1. The Kier molecular flexibility index (Phi) is 6.72. The number of rotatable bonds is 8. The quantitative estimate of drug-likeness (QED) is 0.605. The third kappa shape index (κ3) is 8.16. The number of hydrogen-bond acceptors (Lipinski definition) is 3. The maximum absolute atomic E-state index is 11.6. The van der Waals surface area contributed by atoms with Crippen molar-refractivity contribution in [2.75, 3.05) is 13.1 Å². The first-order chi connectivity index (χ1) is 7.72. The highest BCUT2D eigenvalue weighted by Crippen LogP contribution is 2.10. The minimum absolute atomic E-state index is 0.0239. The summed E-state index contributed by atoms with van der Waals surface area (Å²) in [6.07, 6.45) is 2.57. The van der Waals surface area contributed by atoms with Gasteiger partial charge >= 0.3 is 0 Å². The van der Waals surface area contributed by atoms with E-state index in [1.165, 1.54) is 0 Å². The van der Waals surface area contributed by atoms with Gasteiger partial charge in [0, 0.05) is 12.1 Å². The van der Waals surface area contributed by atoms with Gasteiger partial charge in [-0.15, -0.1) is 0 Å². The Morgan fingerprint density at radius 1 is 1.24 bits per heavy atom. The highest BCUT2D eigenvalue weighted by molar-refractivity contribution is 5.78. The highest BCUT2D eigenvalue weighted by atomic mass is 16.3. The van der Waals surface area contributed by atoms with Crippen LogP contribution in [0.5, 0.6) is 0 Å². The van der Waals surface area contributed by atoms with Crippen LogP contribution in [0.4, 0.5) is 0 Å². The summed E-state index contributed by atoms with van der Waals surface area (Å²) >= 11 is 0. The van der Waals surface area contributed by atoms with Crippen LogP contribution < -0.4 is 10.6 Å². The smallest absolute Gasteiger partial charge is 0.234 e. The molecule has 0 radical (unpaired) electrons. The van der Waals surface area contributed by atoms with Crippen LogP contribution in [0.25, 0.3) is 0 Å². The third-order valence-corrected chi connectivity index (χ3v) is 2.94. The molecule has 102 valence electrons. The molecule has 0 aromatic carbocycles. The van der Waals surface area contributed by atoms with E-state index in [9.17, 15) is 9.90 Å². The number of carbonyl (C=O) groups excluding carboxylic acids is 1.